The molecule has 2 aromatic rings. The zero-order valence-corrected chi connectivity index (χ0v) is 19.5. The molecule has 1 fully saturated rings. The number of rotatable bonds is 5. The lowest BCUT2D eigenvalue weighted by molar-refractivity contribution is 0.125. The molecule has 3 rings (SSSR count). The Morgan fingerprint density at radius 1 is 1.26 bits per heavy atom. The summed E-state index contributed by atoms with van der Waals surface area (Å²) in [7, 11) is 4.10. The average Bonchev–Trinajstić information content (AvgIpc) is 3.19. The van der Waals surface area contributed by atoms with E-state index in [1.807, 2.05) is 24.5 Å². The van der Waals surface area contributed by atoms with Crippen molar-refractivity contribution in [2.45, 2.75) is 31.8 Å². The van der Waals surface area contributed by atoms with Crippen molar-refractivity contribution in [3.05, 3.63) is 58.3 Å². The summed E-state index contributed by atoms with van der Waals surface area (Å²) in [5.74, 6) is 1.47. The minimum absolute atomic E-state index is 0. The van der Waals surface area contributed by atoms with Gasteiger partial charge < -0.3 is 10.6 Å². The minimum Gasteiger partial charge on any atom is -0.356 e. The van der Waals surface area contributed by atoms with E-state index in [0.29, 0.717) is 12.0 Å². The second-order valence-corrected chi connectivity index (χ2v) is 8.05. The predicted molar refractivity (Wildman–Crippen MR) is 127 cm³/mol. The molecular weight excluding hydrogens is 467 g/mol. The molecule has 1 aliphatic rings. The fraction of sp³-hybridized carbons (Fsp3) is 0.476. The maximum atomic E-state index is 4.43. The lowest BCUT2D eigenvalue weighted by Gasteiger charge is -2.39. The third kappa shape index (κ3) is 5.93. The first kappa shape index (κ1) is 22.2. The lowest BCUT2D eigenvalue weighted by atomic mass is 9.88. The van der Waals surface area contributed by atoms with E-state index in [1.54, 1.807) is 0 Å². The van der Waals surface area contributed by atoms with Crippen molar-refractivity contribution >= 4 is 41.3 Å². The van der Waals surface area contributed by atoms with Gasteiger partial charge in [0, 0.05) is 24.5 Å². The van der Waals surface area contributed by atoms with Gasteiger partial charge >= 0.3 is 0 Å². The Labute approximate surface area is 184 Å². The van der Waals surface area contributed by atoms with E-state index in [-0.39, 0.29) is 30.0 Å². The van der Waals surface area contributed by atoms with Gasteiger partial charge in [-0.15, -0.1) is 35.3 Å². The molecule has 0 bridgehead atoms. The fourth-order valence-corrected chi connectivity index (χ4v) is 4.82. The standard InChI is InChI=1S/C21H30N4S.HI/c1-16(17-9-5-4-6-10-17)24-21(22-2)23-15-18-11-7-13-25(3)20(18)19-12-8-14-26-19;/h4-6,8-10,12,14,16,18,20H,7,11,13,15H2,1-3H3,(H2,22,23,24);1H. The highest BCUT2D eigenvalue weighted by molar-refractivity contribution is 14.0. The van der Waals surface area contributed by atoms with Crippen LogP contribution >= 0.6 is 35.3 Å². The van der Waals surface area contributed by atoms with Gasteiger partial charge in [-0.05, 0) is 56.3 Å². The number of hydrogen-bond acceptors (Lipinski definition) is 3. The minimum atomic E-state index is 0. The molecule has 2 heterocycles. The SMILES string of the molecule is CN=C(NCC1CCCN(C)C1c1cccs1)NC(C)c1ccccc1.I. The highest BCUT2D eigenvalue weighted by Crippen LogP contribution is 2.36. The molecular formula is C21H31IN4S. The Morgan fingerprint density at radius 2 is 2.04 bits per heavy atom. The summed E-state index contributed by atoms with van der Waals surface area (Å²) in [6.07, 6.45) is 2.52. The average molecular weight is 498 g/mol. The van der Waals surface area contributed by atoms with Crippen molar-refractivity contribution in [2.75, 3.05) is 27.2 Å². The Hall–Kier alpha value is -1.12. The van der Waals surface area contributed by atoms with Gasteiger partial charge in [0.05, 0.1) is 6.04 Å². The summed E-state index contributed by atoms with van der Waals surface area (Å²) < 4.78 is 0. The number of hydrogen-bond donors (Lipinski definition) is 2. The number of piperidine rings is 1. The van der Waals surface area contributed by atoms with Gasteiger partial charge in [-0.1, -0.05) is 36.4 Å². The van der Waals surface area contributed by atoms with Gasteiger partial charge in [-0.2, -0.15) is 0 Å². The van der Waals surface area contributed by atoms with Crippen molar-refractivity contribution in [2.24, 2.45) is 10.9 Å². The van der Waals surface area contributed by atoms with Crippen LogP contribution in [0, 0.1) is 5.92 Å². The highest BCUT2D eigenvalue weighted by atomic mass is 127. The van der Waals surface area contributed by atoms with Gasteiger partial charge in [-0.25, -0.2) is 0 Å². The normalized spacial score (nSPS) is 22.0. The van der Waals surface area contributed by atoms with Crippen molar-refractivity contribution < 1.29 is 0 Å². The monoisotopic (exact) mass is 498 g/mol. The maximum Gasteiger partial charge on any atom is 0.191 e. The van der Waals surface area contributed by atoms with E-state index >= 15 is 0 Å². The molecule has 0 radical (unpaired) electrons. The molecule has 4 nitrogen and oxygen atoms in total. The Bertz CT molecular complexity index is 689. The molecule has 2 N–H and O–H groups in total. The van der Waals surface area contributed by atoms with Crippen LogP contribution in [0.3, 0.4) is 0 Å². The molecule has 3 unspecified atom stereocenters. The molecule has 1 aromatic heterocycles. The second-order valence-electron chi connectivity index (χ2n) is 7.07. The summed E-state index contributed by atoms with van der Waals surface area (Å²) in [4.78, 5) is 8.40. The van der Waals surface area contributed by atoms with Gasteiger partial charge in [0.15, 0.2) is 5.96 Å². The zero-order valence-electron chi connectivity index (χ0n) is 16.4. The number of halogens is 1. The quantitative estimate of drug-likeness (QED) is 0.358. The van der Waals surface area contributed by atoms with Crippen molar-refractivity contribution in [3.63, 3.8) is 0 Å². The molecule has 1 aliphatic heterocycles. The van der Waals surface area contributed by atoms with Gasteiger partial charge in [0.25, 0.3) is 0 Å². The van der Waals surface area contributed by atoms with Crippen molar-refractivity contribution in [1.82, 2.24) is 15.5 Å². The van der Waals surface area contributed by atoms with Crippen LogP contribution in [0.25, 0.3) is 0 Å². The van der Waals surface area contributed by atoms with Crippen LogP contribution in [0.1, 0.15) is 42.3 Å². The first-order valence-corrected chi connectivity index (χ1v) is 10.3. The molecule has 0 spiro atoms. The molecule has 1 aromatic carbocycles. The van der Waals surface area contributed by atoms with E-state index in [1.165, 1.54) is 29.8 Å². The molecule has 27 heavy (non-hydrogen) atoms. The van der Waals surface area contributed by atoms with E-state index in [2.05, 4.69) is 76.3 Å². The van der Waals surface area contributed by atoms with Crippen LogP contribution in [0.4, 0.5) is 0 Å². The Kier molecular flexibility index (Phi) is 9.05. The predicted octanol–water partition coefficient (Wildman–Crippen LogP) is 4.68. The first-order chi connectivity index (χ1) is 12.7. The summed E-state index contributed by atoms with van der Waals surface area (Å²) in [5.41, 5.74) is 1.27. The van der Waals surface area contributed by atoms with Crippen LogP contribution in [0.15, 0.2) is 52.8 Å². The Balaban J connectivity index is 0.00000261. The molecule has 3 atom stereocenters. The number of thiophene rings is 1. The van der Waals surface area contributed by atoms with Gasteiger partial charge in [0.2, 0.25) is 0 Å². The lowest BCUT2D eigenvalue weighted by Crippen LogP contribution is -2.45. The number of likely N-dealkylation sites (tertiary alicyclic amines) is 1. The van der Waals surface area contributed by atoms with Crippen molar-refractivity contribution in [1.29, 1.82) is 0 Å². The Morgan fingerprint density at radius 3 is 2.70 bits per heavy atom. The fourth-order valence-electron chi connectivity index (χ4n) is 3.84. The van der Waals surface area contributed by atoms with Crippen LogP contribution < -0.4 is 10.6 Å². The number of nitrogens with zero attached hydrogens (tertiary/aromatic N) is 2. The number of nitrogens with one attached hydrogen (secondary N) is 2. The molecule has 148 valence electrons. The summed E-state index contributed by atoms with van der Waals surface area (Å²) in [5, 5.41) is 9.27. The summed E-state index contributed by atoms with van der Waals surface area (Å²) >= 11 is 1.87. The molecule has 1 saturated heterocycles. The highest BCUT2D eigenvalue weighted by Gasteiger charge is 2.31. The maximum absolute atomic E-state index is 4.43. The molecule has 6 heteroatoms. The smallest absolute Gasteiger partial charge is 0.191 e. The number of benzene rings is 1. The van der Waals surface area contributed by atoms with Crippen LogP contribution in [0.5, 0.6) is 0 Å². The molecule has 0 amide bonds. The van der Waals surface area contributed by atoms with E-state index < -0.39 is 0 Å². The second kappa shape index (κ2) is 11.0. The molecule has 0 saturated carbocycles. The van der Waals surface area contributed by atoms with Crippen LogP contribution in [0.2, 0.25) is 0 Å². The van der Waals surface area contributed by atoms with E-state index in [4.69, 9.17) is 0 Å². The van der Waals surface area contributed by atoms with Crippen LogP contribution in [-0.2, 0) is 0 Å². The number of aliphatic imine (C=N–C) groups is 1. The van der Waals surface area contributed by atoms with E-state index in [0.717, 1.165) is 12.5 Å². The van der Waals surface area contributed by atoms with Crippen molar-refractivity contribution in [3.8, 4) is 0 Å². The van der Waals surface area contributed by atoms with Gasteiger partial charge in [-0.3, -0.25) is 9.89 Å². The van der Waals surface area contributed by atoms with Crippen LogP contribution in [-0.4, -0.2) is 38.0 Å². The van der Waals surface area contributed by atoms with Gasteiger partial charge in [0.1, 0.15) is 0 Å². The third-order valence-electron chi connectivity index (χ3n) is 5.25. The largest absolute Gasteiger partial charge is 0.356 e. The topological polar surface area (TPSA) is 39.7 Å². The summed E-state index contributed by atoms with van der Waals surface area (Å²) in [6.45, 7) is 4.29. The first-order valence-electron chi connectivity index (χ1n) is 9.45. The molecule has 0 aliphatic carbocycles. The van der Waals surface area contributed by atoms with E-state index in [9.17, 15) is 0 Å². The third-order valence-corrected chi connectivity index (χ3v) is 6.19. The summed E-state index contributed by atoms with van der Waals surface area (Å²) in [6, 6.07) is 15.7. The zero-order chi connectivity index (χ0) is 18.4. The number of guanidine groups is 1.